The summed E-state index contributed by atoms with van der Waals surface area (Å²) < 4.78 is 11.2. The fraction of sp³-hybridized carbons (Fsp3) is 0.786. The van der Waals surface area contributed by atoms with Gasteiger partial charge in [0.05, 0.1) is 0 Å². The van der Waals surface area contributed by atoms with Crippen molar-refractivity contribution < 1.29 is 14.0 Å². The van der Waals surface area contributed by atoms with Crippen LogP contribution >= 0.6 is 0 Å². The second-order valence-corrected chi connectivity index (χ2v) is 10.9. The van der Waals surface area contributed by atoms with Crippen molar-refractivity contribution in [1.29, 1.82) is 0 Å². The predicted octanol–water partition coefficient (Wildman–Crippen LogP) is 3.91. The van der Waals surface area contributed by atoms with Crippen LogP contribution in [0.2, 0.25) is 18.1 Å². The average molecular weight is 272 g/mol. The maximum Gasteiger partial charge on any atom is 0.303 e. The molecule has 0 aromatic carbocycles. The topological polar surface area (TPSA) is 35.5 Å². The van der Waals surface area contributed by atoms with Crippen LogP contribution in [0.1, 0.15) is 40.5 Å². The van der Waals surface area contributed by atoms with Gasteiger partial charge in [-0.05, 0) is 31.0 Å². The van der Waals surface area contributed by atoms with Crippen molar-refractivity contribution in [3.05, 3.63) is 12.7 Å². The molecule has 0 unspecified atom stereocenters. The minimum Gasteiger partial charge on any atom is -0.458 e. The molecule has 0 fully saturated rings. The quantitative estimate of drug-likeness (QED) is 0.305. The second kappa shape index (κ2) is 7.09. The van der Waals surface area contributed by atoms with E-state index < -0.39 is 8.32 Å². The van der Waals surface area contributed by atoms with Gasteiger partial charge in [-0.3, -0.25) is 4.79 Å². The largest absolute Gasteiger partial charge is 0.458 e. The highest BCUT2D eigenvalue weighted by Gasteiger charge is 2.36. The first-order valence-corrected chi connectivity index (χ1v) is 9.44. The highest BCUT2D eigenvalue weighted by atomic mass is 28.4. The lowest BCUT2D eigenvalue weighted by atomic mass is 10.2. The van der Waals surface area contributed by atoms with Crippen molar-refractivity contribution in [1.82, 2.24) is 0 Å². The van der Waals surface area contributed by atoms with Gasteiger partial charge in [-0.2, -0.15) is 0 Å². The summed E-state index contributed by atoms with van der Waals surface area (Å²) in [7, 11) is -1.65. The molecule has 0 aliphatic rings. The molecule has 3 nitrogen and oxygen atoms in total. The Bertz CT molecular complexity index is 279. The molecule has 0 aromatic heterocycles. The van der Waals surface area contributed by atoms with Gasteiger partial charge in [0.25, 0.3) is 0 Å². The molecule has 0 N–H and O–H groups in total. The molecule has 0 bridgehead atoms. The molecular weight excluding hydrogens is 244 g/mol. The van der Waals surface area contributed by atoms with Crippen LogP contribution in [-0.2, 0) is 14.0 Å². The Morgan fingerprint density at radius 3 is 2.33 bits per heavy atom. The molecule has 18 heavy (non-hydrogen) atoms. The van der Waals surface area contributed by atoms with Gasteiger partial charge in [-0.15, -0.1) is 0 Å². The van der Waals surface area contributed by atoms with Gasteiger partial charge in [0, 0.05) is 13.5 Å². The third kappa shape index (κ3) is 6.35. The molecule has 0 saturated heterocycles. The van der Waals surface area contributed by atoms with Crippen molar-refractivity contribution in [2.45, 2.75) is 64.8 Å². The first-order valence-electron chi connectivity index (χ1n) is 6.54. The van der Waals surface area contributed by atoms with E-state index in [2.05, 4.69) is 40.4 Å². The Labute approximate surface area is 113 Å². The first kappa shape index (κ1) is 17.4. The number of hydrogen-bond acceptors (Lipinski definition) is 3. The molecular formula is C14H28O3Si. The van der Waals surface area contributed by atoms with Gasteiger partial charge in [-0.25, -0.2) is 0 Å². The number of hydrogen-bond donors (Lipinski definition) is 0. The van der Waals surface area contributed by atoms with Gasteiger partial charge in [0.2, 0.25) is 0 Å². The van der Waals surface area contributed by atoms with Crippen molar-refractivity contribution in [2.75, 3.05) is 6.61 Å². The third-order valence-corrected chi connectivity index (χ3v) is 8.02. The van der Waals surface area contributed by atoms with Crippen molar-refractivity contribution in [2.24, 2.45) is 0 Å². The SMILES string of the molecule is C=C[C@H](CCCO[Si](C)(C)C(C)(C)C)OC(C)=O. The number of esters is 1. The van der Waals surface area contributed by atoms with Crippen molar-refractivity contribution >= 4 is 14.3 Å². The highest BCUT2D eigenvalue weighted by molar-refractivity contribution is 6.74. The molecule has 0 saturated carbocycles. The Hall–Kier alpha value is -0.613. The minimum atomic E-state index is -1.65. The van der Waals surface area contributed by atoms with Gasteiger partial charge in [-0.1, -0.05) is 33.4 Å². The van der Waals surface area contributed by atoms with E-state index in [1.165, 1.54) is 6.92 Å². The van der Waals surface area contributed by atoms with Crippen LogP contribution in [-0.4, -0.2) is 27.0 Å². The molecule has 0 amide bonds. The number of ether oxygens (including phenoxy) is 1. The van der Waals surface area contributed by atoms with E-state index in [9.17, 15) is 4.79 Å². The van der Waals surface area contributed by atoms with Crippen LogP contribution in [0.15, 0.2) is 12.7 Å². The molecule has 106 valence electrons. The summed E-state index contributed by atoms with van der Waals surface area (Å²) in [5.41, 5.74) is 0. The Morgan fingerprint density at radius 2 is 1.94 bits per heavy atom. The first-order chi connectivity index (χ1) is 8.10. The molecule has 1 atom stereocenters. The van der Waals surface area contributed by atoms with Crippen LogP contribution < -0.4 is 0 Å². The van der Waals surface area contributed by atoms with Crippen LogP contribution in [0.4, 0.5) is 0 Å². The number of carbonyl (C=O) groups excluding carboxylic acids is 1. The van der Waals surface area contributed by atoms with Crippen molar-refractivity contribution in [3.8, 4) is 0 Å². The van der Waals surface area contributed by atoms with Gasteiger partial charge >= 0.3 is 5.97 Å². The van der Waals surface area contributed by atoms with Crippen LogP contribution in [0, 0.1) is 0 Å². The lowest BCUT2D eigenvalue weighted by molar-refractivity contribution is -0.144. The van der Waals surface area contributed by atoms with Gasteiger partial charge < -0.3 is 9.16 Å². The zero-order chi connectivity index (χ0) is 14.4. The van der Waals surface area contributed by atoms with E-state index in [0.29, 0.717) is 0 Å². The van der Waals surface area contributed by atoms with Crippen LogP contribution in [0.3, 0.4) is 0 Å². The monoisotopic (exact) mass is 272 g/mol. The van der Waals surface area contributed by atoms with Crippen LogP contribution in [0.5, 0.6) is 0 Å². The van der Waals surface area contributed by atoms with E-state index in [-0.39, 0.29) is 17.1 Å². The number of rotatable bonds is 7. The summed E-state index contributed by atoms with van der Waals surface area (Å²) in [4.78, 5) is 10.8. The average Bonchev–Trinajstić information content (AvgIpc) is 2.20. The predicted molar refractivity (Wildman–Crippen MR) is 78.1 cm³/mol. The summed E-state index contributed by atoms with van der Waals surface area (Å²) in [5.74, 6) is -0.259. The summed E-state index contributed by atoms with van der Waals surface area (Å²) >= 11 is 0. The highest BCUT2D eigenvalue weighted by Crippen LogP contribution is 2.36. The lowest BCUT2D eigenvalue weighted by Gasteiger charge is -2.36. The molecule has 0 heterocycles. The van der Waals surface area contributed by atoms with E-state index in [4.69, 9.17) is 9.16 Å². The Balaban J connectivity index is 3.99. The smallest absolute Gasteiger partial charge is 0.303 e. The minimum absolute atomic E-state index is 0.189. The van der Waals surface area contributed by atoms with Gasteiger partial charge in [0.15, 0.2) is 8.32 Å². The fourth-order valence-corrected chi connectivity index (χ4v) is 2.35. The second-order valence-electron chi connectivity index (χ2n) is 6.13. The van der Waals surface area contributed by atoms with Crippen molar-refractivity contribution in [3.63, 3.8) is 0 Å². The normalized spacial score (nSPS) is 14.1. The summed E-state index contributed by atoms with van der Waals surface area (Å²) in [6.07, 6.45) is 3.15. The third-order valence-electron chi connectivity index (χ3n) is 3.48. The number of carbonyl (C=O) groups is 1. The summed E-state index contributed by atoms with van der Waals surface area (Å²) in [6.45, 7) is 17.0. The Kier molecular flexibility index (Phi) is 6.85. The molecule has 4 heteroatoms. The molecule has 0 aliphatic carbocycles. The maximum atomic E-state index is 10.8. The van der Waals surface area contributed by atoms with E-state index >= 15 is 0 Å². The standard InChI is InChI=1S/C14H28O3Si/c1-8-13(17-12(2)15)10-9-11-16-18(6,7)14(3,4)5/h8,13H,1,9-11H2,2-7H3/t13-/m1/s1. The fourth-order valence-electron chi connectivity index (χ4n) is 1.27. The molecule has 0 radical (unpaired) electrons. The maximum absolute atomic E-state index is 10.8. The molecule has 0 aliphatic heterocycles. The van der Waals surface area contributed by atoms with Crippen LogP contribution in [0.25, 0.3) is 0 Å². The molecule has 0 aromatic rings. The summed E-state index contributed by atoms with van der Waals surface area (Å²) in [6, 6.07) is 0. The zero-order valence-corrected chi connectivity index (χ0v) is 13.7. The van der Waals surface area contributed by atoms with E-state index in [1.54, 1.807) is 6.08 Å². The van der Waals surface area contributed by atoms with Gasteiger partial charge in [0.1, 0.15) is 6.10 Å². The molecule has 0 spiro atoms. The lowest BCUT2D eigenvalue weighted by Crippen LogP contribution is -2.41. The van der Waals surface area contributed by atoms with E-state index in [0.717, 1.165) is 19.4 Å². The van der Waals surface area contributed by atoms with E-state index in [1.807, 2.05) is 0 Å². The molecule has 0 rings (SSSR count). The summed E-state index contributed by atoms with van der Waals surface area (Å²) in [5, 5.41) is 0.237. The zero-order valence-electron chi connectivity index (χ0n) is 12.7. The Morgan fingerprint density at radius 1 is 1.39 bits per heavy atom.